The first-order valence-corrected chi connectivity index (χ1v) is 15.5. The molecule has 0 spiro atoms. The summed E-state index contributed by atoms with van der Waals surface area (Å²) in [4.78, 5) is 28.5. The van der Waals surface area contributed by atoms with Crippen molar-refractivity contribution >= 4 is 43.6 Å². The smallest absolute Gasteiger partial charge is 0.224 e. The number of amides is 1. The highest BCUT2D eigenvalue weighted by molar-refractivity contribution is 7.88. The Hall–Kier alpha value is -5.08. The van der Waals surface area contributed by atoms with Crippen molar-refractivity contribution in [2.75, 3.05) is 11.6 Å². The molecule has 0 atom stereocenters. The van der Waals surface area contributed by atoms with Crippen LogP contribution in [0.15, 0.2) is 61.1 Å². The van der Waals surface area contributed by atoms with Gasteiger partial charge in [-0.2, -0.15) is 5.10 Å². The zero-order valence-corrected chi connectivity index (χ0v) is 24.4. The molecule has 4 aromatic heterocycles. The van der Waals surface area contributed by atoms with Crippen LogP contribution in [0.4, 0.5) is 14.5 Å². The highest BCUT2D eigenvalue weighted by atomic mass is 32.2. The second kappa shape index (κ2) is 11.5. The Morgan fingerprint density at radius 1 is 1.00 bits per heavy atom. The molecule has 14 heteroatoms. The van der Waals surface area contributed by atoms with Crippen LogP contribution in [-0.2, 0) is 21.4 Å². The number of sulfonamides is 1. The quantitative estimate of drug-likeness (QED) is 0.172. The van der Waals surface area contributed by atoms with Crippen molar-refractivity contribution < 1.29 is 22.0 Å². The second-order valence-corrected chi connectivity index (χ2v) is 12.1. The van der Waals surface area contributed by atoms with E-state index in [2.05, 4.69) is 40.2 Å². The largest absolute Gasteiger partial charge is 0.336 e. The number of aromatic nitrogens is 6. The number of nitrogens with zero attached hydrogens (tertiary/aromatic N) is 4. The van der Waals surface area contributed by atoms with Gasteiger partial charge in [0.15, 0.2) is 5.82 Å². The standard InChI is InChI=1S/C30H26F2N8O3S/c1-3-4-24(41)36-20-12-18(14-33-15-20)21-5-6-22-25(26(21)32)29(40-39-22)30-37-23-7-8-34-27(28(23)38-30)17-9-16(10-19(31)11-17)13-35-44(2,42)43/h5-12,14-15,35H,3-4,13H2,1-2H3,(H,36,41)(H,37,38)(H,39,40). The number of carbonyl (C=O) groups is 1. The van der Waals surface area contributed by atoms with Crippen LogP contribution in [0.25, 0.3) is 55.8 Å². The van der Waals surface area contributed by atoms with Gasteiger partial charge in [0.2, 0.25) is 15.9 Å². The minimum Gasteiger partial charge on any atom is -0.336 e. The van der Waals surface area contributed by atoms with Crippen molar-refractivity contribution in [1.82, 2.24) is 34.9 Å². The van der Waals surface area contributed by atoms with Crippen LogP contribution in [-0.4, -0.2) is 50.7 Å². The van der Waals surface area contributed by atoms with Crippen LogP contribution >= 0.6 is 0 Å². The highest BCUT2D eigenvalue weighted by Gasteiger charge is 2.21. The summed E-state index contributed by atoms with van der Waals surface area (Å²) in [6.07, 6.45) is 6.61. The average Bonchev–Trinajstić information content (AvgIpc) is 3.61. The van der Waals surface area contributed by atoms with Crippen LogP contribution in [0.2, 0.25) is 0 Å². The van der Waals surface area contributed by atoms with Gasteiger partial charge in [-0.1, -0.05) is 6.92 Å². The van der Waals surface area contributed by atoms with Crippen molar-refractivity contribution in [1.29, 1.82) is 0 Å². The van der Waals surface area contributed by atoms with Crippen LogP contribution in [0.5, 0.6) is 0 Å². The van der Waals surface area contributed by atoms with E-state index in [4.69, 9.17) is 0 Å². The van der Waals surface area contributed by atoms with Crippen LogP contribution in [0.3, 0.4) is 0 Å². The Bertz CT molecular complexity index is 2160. The molecule has 0 fully saturated rings. The summed E-state index contributed by atoms with van der Waals surface area (Å²) in [5.74, 6) is -1.03. The first-order chi connectivity index (χ1) is 21.1. The number of halogens is 2. The molecule has 0 bridgehead atoms. The van der Waals surface area contributed by atoms with Crippen LogP contribution < -0.4 is 10.0 Å². The summed E-state index contributed by atoms with van der Waals surface area (Å²) in [5.41, 5.74) is 3.92. The Balaban J connectivity index is 1.40. The van der Waals surface area contributed by atoms with E-state index in [1.54, 1.807) is 30.3 Å². The first kappa shape index (κ1) is 29.0. The van der Waals surface area contributed by atoms with Gasteiger partial charge in [-0.3, -0.25) is 19.9 Å². The summed E-state index contributed by atoms with van der Waals surface area (Å²) in [7, 11) is -3.49. The predicted molar refractivity (Wildman–Crippen MR) is 163 cm³/mol. The molecule has 6 aromatic rings. The molecule has 0 aliphatic rings. The Morgan fingerprint density at radius 3 is 2.64 bits per heavy atom. The SMILES string of the molecule is CCCC(=O)Nc1cncc(-c2ccc3[nH]nc(-c4nc5c(-c6cc(F)cc(CNS(C)(=O)=O)c6)nccc5[nH]4)c3c2F)c1. The summed E-state index contributed by atoms with van der Waals surface area (Å²) in [5, 5.41) is 10.2. The van der Waals surface area contributed by atoms with Crippen LogP contribution in [0.1, 0.15) is 25.3 Å². The number of H-pyrrole nitrogens is 2. The van der Waals surface area contributed by atoms with Crippen molar-refractivity contribution in [2.45, 2.75) is 26.3 Å². The monoisotopic (exact) mass is 616 g/mol. The van der Waals surface area contributed by atoms with E-state index in [-0.39, 0.29) is 34.9 Å². The van der Waals surface area contributed by atoms with Gasteiger partial charge >= 0.3 is 0 Å². The Labute approximate surface area is 250 Å². The number of aromatic amines is 2. The zero-order chi connectivity index (χ0) is 31.0. The molecule has 11 nitrogen and oxygen atoms in total. The van der Waals surface area contributed by atoms with Gasteiger partial charge in [-0.15, -0.1) is 0 Å². The molecule has 0 saturated heterocycles. The summed E-state index contributed by atoms with van der Waals surface area (Å²) >= 11 is 0. The lowest BCUT2D eigenvalue weighted by Gasteiger charge is -2.08. The third kappa shape index (κ3) is 5.89. The highest BCUT2D eigenvalue weighted by Crippen LogP contribution is 2.35. The number of hydrogen-bond acceptors (Lipinski definition) is 7. The van der Waals surface area contributed by atoms with Gasteiger partial charge in [0.25, 0.3) is 0 Å². The maximum absolute atomic E-state index is 16.2. The minimum absolute atomic E-state index is 0.101. The third-order valence-electron chi connectivity index (χ3n) is 6.87. The molecular weight excluding hydrogens is 590 g/mol. The van der Waals surface area contributed by atoms with Gasteiger partial charge in [-0.25, -0.2) is 26.9 Å². The van der Waals surface area contributed by atoms with Gasteiger partial charge in [0.1, 0.15) is 22.8 Å². The van der Waals surface area contributed by atoms with Crippen LogP contribution in [0, 0.1) is 11.6 Å². The van der Waals surface area contributed by atoms with Gasteiger partial charge in [0.05, 0.1) is 40.3 Å². The van der Waals surface area contributed by atoms with Crippen molar-refractivity contribution in [3.05, 3.63) is 78.3 Å². The lowest BCUT2D eigenvalue weighted by atomic mass is 10.0. The van der Waals surface area contributed by atoms with E-state index < -0.39 is 21.7 Å². The fraction of sp³-hybridized carbons (Fsp3) is 0.167. The van der Waals surface area contributed by atoms with E-state index in [1.807, 2.05) is 6.92 Å². The molecular formula is C30H26F2N8O3S. The molecule has 2 aromatic carbocycles. The number of imidazole rings is 1. The number of benzene rings is 2. The zero-order valence-electron chi connectivity index (χ0n) is 23.6. The lowest BCUT2D eigenvalue weighted by molar-refractivity contribution is -0.116. The fourth-order valence-corrected chi connectivity index (χ4v) is 5.36. The molecule has 0 radical (unpaired) electrons. The van der Waals surface area contributed by atoms with Crippen molar-refractivity contribution in [3.63, 3.8) is 0 Å². The summed E-state index contributed by atoms with van der Waals surface area (Å²) in [6.45, 7) is 1.80. The Kier molecular flexibility index (Phi) is 7.61. The number of nitrogens with one attached hydrogen (secondary N) is 4. The molecule has 4 N–H and O–H groups in total. The third-order valence-corrected chi connectivity index (χ3v) is 7.54. The predicted octanol–water partition coefficient (Wildman–Crippen LogP) is 5.30. The maximum atomic E-state index is 16.2. The number of hydrogen-bond donors (Lipinski definition) is 4. The van der Waals surface area contributed by atoms with Crippen molar-refractivity contribution in [3.8, 4) is 33.9 Å². The molecule has 0 aliphatic heterocycles. The van der Waals surface area contributed by atoms with E-state index in [0.717, 1.165) is 6.26 Å². The second-order valence-electron chi connectivity index (χ2n) is 10.3. The van der Waals surface area contributed by atoms with E-state index >= 15 is 4.39 Å². The first-order valence-electron chi connectivity index (χ1n) is 13.6. The summed E-state index contributed by atoms with van der Waals surface area (Å²) in [6, 6.07) is 10.8. The molecule has 224 valence electrons. The lowest BCUT2D eigenvalue weighted by Crippen LogP contribution is -2.21. The van der Waals surface area contributed by atoms with Gasteiger partial charge in [0, 0.05) is 42.0 Å². The average molecular weight is 617 g/mol. The molecule has 4 heterocycles. The molecule has 1 amide bonds. The molecule has 44 heavy (non-hydrogen) atoms. The maximum Gasteiger partial charge on any atom is 0.224 e. The van der Waals surface area contributed by atoms with E-state index in [9.17, 15) is 17.6 Å². The van der Waals surface area contributed by atoms with Gasteiger partial charge < -0.3 is 10.3 Å². The molecule has 0 saturated carbocycles. The molecule has 0 unspecified atom stereocenters. The van der Waals surface area contributed by atoms with E-state index in [1.165, 1.54) is 30.7 Å². The normalized spacial score (nSPS) is 11.8. The minimum atomic E-state index is -3.49. The van der Waals surface area contributed by atoms with Gasteiger partial charge in [-0.05, 0) is 54.4 Å². The van der Waals surface area contributed by atoms with Crippen molar-refractivity contribution in [2.24, 2.45) is 0 Å². The molecule has 0 aliphatic carbocycles. The Morgan fingerprint density at radius 2 is 1.84 bits per heavy atom. The number of fused-ring (bicyclic) bond motifs is 2. The number of pyridine rings is 2. The number of anilines is 1. The summed E-state index contributed by atoms with van der Waals surface area (Å²) < 4.78 is 56.2. The number of rotatable bonds is 9. The fourth-order valence-electron chi connectivity index (χ4n) is 4.94. The number of carbonyl (C=O) groups excluding carboxylic acids is 1. The van der Waals surface area contributed by atoms with E-state index in [0.29, 0.717) is 57.5 Å². The topological polar surface area (TPSA) is 158 Å². The molecule has 6 rings (SSSR count).